The molecule has 2 aromatic carbocycles. The van der Waals surface area contributed by atoms with Gasteiger partial charge in [0, 0.05) is 22.9 Å². The maximum absolute atomic E-state index is 12.0. The van der Waals surface area contributed by atoms with Gasteiger partial charge in [0.25, 0.3) is 0 Å². The van der Waals surface area contributed by atoms with Gasteiger partial charge in [-0.25, -0.2) is 0 Å². The monoisotopic (exact) mass is 332 g/mol. The molecule has 0 saturated heterocycles. The molecule has 0 aliphatic carbocycles. The van der Waals surface area contributed by atoms with E-state index in [0.717, 1.165) is 21.4 Å². The van der Waals surface area contributed by atoms with Crippen LogP contribution in [0.4, 0.5) is 11.4 Å². The van der Waals surface area contributed by atoms with Gasteiger partial charge < -0.3 is 10.2 Å². The zero-order valence-corrected chi connectivity index (χ0v) is 13.1. The summed E-state index contributed by atoms with van der Waals surface area (Å²) in [6.45, 7) is 2.33. The molecule has 0 saturated carbocycles. The lowest BCUT2D eigenvalue weighted by Crippen LogP contribution is -2.29. The number of benzene rings is 2. The number of hydrogen-bond donors (Lipinski definition) is 1. The molecule has 1 N–H and O–H groups in total. The van der Waals surface area contributed by atoms with Gasteiger partial charge in [-0.1, -0.05) is 40.2 Å². The van der Waals surface area contributed by atoms with Crippen LogP contribution < -0.4 is 10.2 Å². The van der Waals surface area contributed by atoms with Gasteiger partial charge >= 0.3 is 0 Å². The molecule has 0 fully saturated rings. The van der Waals surface area contributed by atoms with Crippen molar-refractivity contribution < 1.29 is 4.79 Å². The normalized spacial score (nSPS) is 10.2. The number of amides is 1. The van der Waals surface area contributed by atoms with E-state index in [0.29, 0.717) is 6.54 Å². The lowest BCUT2D eigenvalue weighted by Gasteiger charge is -2.18. The summed E-state index contributed by atoms with van der Waals surface area (Å²) < 4.78 is 0.992. The van der Waals surface area contributed by atoms with Crippen LogP contribution in [0.3, 0.4) is 0 Å². The number of para-hydroxylation sites is 1. The molecule has 20 heavy (non-hydrogen) atoms. The molecule has 0 radical (unpaired) electrons. The maximum Gasteiger partial charge on any atom is 0.243 e. The minimum absolute atomic E-state index is 0.0351. The molecular weight excluding hydrogens is 316 g/mol. The van der Waals surface area contributed by atoms with E-state index in [9.17, 15) is 4.79 Å². The first-order chi connectivity index (χ1) is 9.56. The molecule has 0 aliphatic rings. The van der Waals surface area contributed by atoms with E-state index in [1.165, 1.54) is 0 Å². The van der Waals surface area contributed by atoms with Gasteiger partial charge in [-0.2, -0.15) is 0 Å². The third-order valence-corrected chi connectivity index (χ3v) is 3.89. The highest BCUT2D eigenvalue weighted by atomic mass is 79.9. The van der Waals surface area contributed by atoms with Crippen LogP contribution in [-0.4, -0.2) is 19.5 Å². The van der Waals surface area contributed by atoms with Crippen molar-refractivity contribution in [3.05, 3.63) is 58.6 Å². The van der Waals surface area contributed by atoms with Crippen LogP contribution in [0.1, 0.15) is 5.56 Å². The van der Waals surface area contributed by atoms with Crippen LogP contribution in [-0.2, 0) is 4.79 Å². The second-order valence-corrected chi connectivity index (χ2v) is 5.56. The van der Waals surface area contributed by atoms with E-state index in [4.69, 9.17) is 0 Å². The highest BCUT2D eigenvalue weighted by molar-refractivity contribution is 9.10. The molecule has 0 aliphatic heterocycles. The topological polar surface area (TPSA) is 32.3 Å². The fourth-order valence-corrected chi connectivity index (χ4v) is 2.24. The van der Waals surface area contributed by atoms with Crippen LogP contribution in [0.2, 0.25) is 0 Å². The lowest BCUT2D eigenvalue weighted by atomic mass is 10.2. The highest BCUT2D eigenvalue weighted by Gasteiger charge is 2.08. The molecule has 0 atom stereocenters. The number of aryl methyl sites for hydroxylation is 1. The highest BCUT2D eigenvalue weighted by Crippen LogP contribution is 2.20. The lowest BCUT2D eigenvalue weighted by molar-refractivity contribution is -0.114. The largest absolute Gasteiger partial charge is 0.365 e. The number of nitrogens with one attached hydrogen (secondary N) is 1. The van der Waals surface area contributed by atoms with E-state index in [1.807, 2.05) is 67.4 Å². The molecule has 2 aromatic rings. The third kappa shape index (κ3) is 3.84. The SMILES string of the molecule is Cc1ccc(NC(=O)CN(C)c2ccccc2)cc1Br. The van der Waals surface area contributed by atoms with Gasteiger partial charge in [-0.15, -0.1) is 0 Å². The first-order valence-corrected chi connectivity index (χ1v) is 7.18. The van der Waals surface area contributed by atoms with Crippen LogP contribution in [0.5, 0.6) is 0 Å². The molecule has 0 aromatic heterocycles. The Balaban J connectivity index is 1.97. The van der Waals surface area contributed by atoms with Crippen LogP contribution in [0.15, 0.2) is 53.0 Å². The second-order valence-electron chi connectivity index (χ2n) is 4.70. The smallest absolute Gasteiger partial charge is 0.243 e. The van der Waals surface area contributed by atoms with Gasteiger partial charge in [0.2, 0.25) is 5.91 Å². The van der Waals surface area contributed by atoms with Crippen molar-refractivity contribution in [1.29, 1.82) is 0 Å². The molecule has 0 heterocycles. The van der Waals surface area contributed by atoms with Crippen LogP contribution in [0.25, 0.3) is 0 Å². The molecule has 4 heteroatoms. The number of carbonyl (C=O) groups excluding carboxylic acids is 1. The predicted molar refractivity (Wildman–Crippen MR) is 87.2 cm³/mol. The Morgan fingerprint density at radius 3 is 2.55 bits per heavy atom. The van der Waals surface area contributed by atoms with E-state index in [2.05, 4.69) is 21.2 Å². The maximum atomic E-state index is 12.0. The summed E-state index contributed by atoms with van der Waals surface area (Å²) in [7, 11) is 1.90. The zero-order valence-electron chi connectivity index (χ0n) is 11.6. The molecule has 3 nitrogen and oxygen atoms in total. The van der Waals surface area contributed by atoms with Crippen molar-refractivity contribution in [1.82, 2.24) is 0 Å². The van der Waals surface area contributed by atoms with E-state index in [-0.39, 0.29) is 5.91 Å². The Morgan fingerprint density at radius 1 is 1.20 bits per heavy atom. The van der Waals surface area contributed by atoms with Crippen molar-refractivity contribution in [2.24, 2.45) is 0 Å². The van der Waals surface area contributed by atoms with Gasteiger partial charge in [0.15, 0.2) is 0 Å². The predicted octanol–water partition coefficient (Wildman–Crippen LogP) is 3.83. The van der Waals surface area contributed by atoms with Crippen molar-refractivity contribution in [2.75, 3.05) is 23.8 Å². The number of nitrogens with zero attached hydrogens (tertiary/aromatic N) is 1. The van der Waals surface area contributed by atoms with E-state index in [1.54, 1.807) is 0 Å². The summed E-state index contributed by atoms with van der Waals surface area (Å²) in [5.74, 6) is -0.0351. The Hall–Kier alpha value is -1.81. The minimum atomic E-state index is -0.0351. The van der Waals surface area contributed by atoms with Crippen LogP contribution >= 0.6 is 15.9 Å². The summed E-state index contributed by atoms with van der Waals surface area (Å²) in [4.78, 5) is 13.9. The average molecular weight is 333 g/mol. The van der Waals surface area contributed by atoms with E-state index >= 15 is 0 Å². The molecule has 0 unspecified atom stereocenters. The van der Waals surface area contributed by atoms with Crippen molar-refractivity contribution in [3.8, 4) is 0 Å². The summed E-state index contributed by atoms with van der Waals surface area (Å²) in [5, 5.41) is 2.90. The number of likely N-dealkylation sites (N-methyl/N-ethyl adjacent to an activating group) is 1. The molecule has 104 valence electrons. The molecule has 1 amide bonds. The van der Waals surface area contributed by atoms with Crippen molar-refractivity contribution in [2.45, 2.75) is 6.92 Å². The standard InChI is InChI=1S/C16H17BrN2O/c1-12-8-9-13(10-15(12)17)18-16(20)11-19(2)14-6-4-3-5-7-14/h3-10H,11H2,1-2H3,(H,18,20). The minimum Gasteiger partial charge on any atom is -0.365 e. The number of anilines is 2. The quantitative estimate of drug-likeness (QED) is 0.922. The van der Waals surface area contributed by atoms with Gasteiger partial charge in [-0.05, 0) is 36.8 Å². The zero-order chi connectivity index (χ0) is 14.5. The first-order valence-electron chi connectivity index (χ1n) is 6.38. The number of carbonyl (C=O) groups is 1. The molecule has 0 spiro atoms. The van der Waals surface area contributed by atoms with Crippen molar-refractivity contribution in [3.63, 3.8) is 0 Å². The summed E-state index contributed by atoms with van der Waals surface area (Å²) >= 11 is 3.46. The number of hydrogen-bond acceptors (Lipinski definition) is 2. The molecule has 2 rings (SSSR count). The summed E-state index contributed by atoms with van der Waals surface area (Å²) in [5.41, 5.74) is 2.96. The molecular formula is C16H17BrN2O. The van der Waals surface area contributed by atoms with Gasteiger partial charge in [0.05, 0.1) is 6.54 Å². The Morgan fingerprint density at radius 2 is 1.90 bits per heavy atom. The van der Waals surface area contributed by atoms with E-state index < -0.39 is 0 Å². The third-order valence-electron chi connectivity index (χ3n) is 3.03. The van der Waals surface area contributed by atoms with Gasteiger partial charge in [-0.3, -0.25) is 4.79 Å². The van der Waals surface area contributed by atoms with Crippen LogP contribution in [0, 0.1) is 6.92 Å². The molecule has 0 bridgehead atoms. The first kappa shape index (κ1) is 14.6. The Kier molecular flexibility index (Phi) is 4.79. The summed E-state index contributed by atoms with van der Waals surface area (Å²) in [6, 6.07) is 15.6. The Bertz CT molecular complexity index is 599. The van der Waals surface area contributed by atoms with Crippen molar-refractivity contribution >= 4 is 33.2 Å². The summed E-state index contributed by atoms with van der Waals surface area (Å²) in [6.07, 6.45) is 0. The number of halogens is 1. The fourth-order valence-electron chi connectivity index (χ4n) is 1.86. The average Bonchev–Trinajstić information content (AvgIpc) is 2.44. The fraction of sp³-hybridized carbons (Fsp3) is 0.188. The Labute approximate surface area is 127 Å². The second kappa shape index (κ2) is 6.57. The number of rotatable bonds is 4. The van der Waals surface area contributed by atoms with Gasteiger partial charge in [0.1, 0.15) is 0 Å².